The number of halogens is 3. The van der Waals surface area contributed by atoms with E-state index in [1.165, 1.54) is 36.4 Å². The van der Waals surface area contributed by atoms with Gasteiger partial charge in [0.1, 0.15) is 5.82 Å². The number of rotatable bonds is 5. The third kappa shape index (κ3) is 4.60. The van der Waals surface area contributed by atoms with Crippen molar-refractivity contribution in [2.45, 2.75) is 13.1 Å². The van der Waals surface area contributed by atoms with Crippen LogP contribution in [0, 0.1) is 0 Å². The van der Waals surface area contributed by atoms with E-state index in [9.17, 15) is 18.0 Å². The molecular formula is C21H16F3N3O2. The van der Waals surface area contributed by atoms with Gasteiger partial charge in [-0.3, -0.25) is 0 Å². The Bertz CT molecular complexity index is 1050. The SMILES string of the molecule is C/C=C/c1c(Nc2ccc(C(=O)O)cc2)nc(-c2ccccc2)nc1C(F)(F)F. The summed E-state index contributed by atoms with van der Waals surface area (Å²) in [6, 6.07) is 14.0. The first-order valence-corrected chi connectivity index (χ1v) is 8.57. The van der Waals surface area contributed by atoms with E-state index in [0.29, 0.717) is 11.3 Å². The fourth-order valence-corrected chi connectivity index (χ4v) is 2.65. The van der Waals surface area contributed by atoms with Gasteiger partial charge in [-0.25, -0.2) is 14.8 Å². The van der Waals surface area contributed by atoms with Crippen molar-refractivity contribution in [2.24, 2.45) is 0 Å². The number of anilines is 2. The minimum Gasteiger partial charge on any atom is -0.478 e. The van der Waals surface area contributed by atoms with Crippen molar-refractivity contribution in [3.8, 4) is 11.4 Å². The molecule has 0 aliphatic rings. The Balaban J connectivity index is 2.15. The Morgan fingerprint density at radius 3 is 2.24 bits per heavy atom. The van der Waals surface area contributed by atoms with E-state index in [1.54, 1.807) is 37.3 Å². The molecule has 0 saturated heterocycles. The molecule has 0 amide bonds. The van der Waals surface area contributed by atoms with Crippen LogP contribution in [0.1, 0.15) is 28.5 Å². The third-order valence-electron chi connectivity index (χ3n) is 3.97. The fraction of sp³-hybridized carbons (Fsp3) is 0.0952. The van der Waals surface area contributed by atoms with Crippen LogP contribution in [0.15, 0.2) is 60.7 Å². The van der Waals surface area contributed by atoms with E-state index in [1.807, 2.05) is 0 Å². The van der Waals surface area contributed by atoms with Gasteiger partial charge in [0, 0.05) is 16.8 Å². The molecule has 0 aliphatic heterocycles. The molecule has 2 N–H and O–H groups in total. The minimum absolute atomic E-state index is 0.0349. The molecule has 8 heteroatoms. The Kier molecular flexibility index (Phi) is 5.63. The molecule has 0 spiro atoms. The van der Waals surface area contributed by atoms with Gasteiger partial charge in [0.15, 0.2) is 11.5 Å². The smallest absolute Gasteiger partial charge is 0.434 e. The number of carbonyl (C=O) groups is 1. The average Bonchev–Trinajstić information content (AvgIpc) is 2.69. The molecule has 2 aromatic carbocycles. The summed E-state index contributed by atoms with van der Waals surface area (Å²) in [7, 11) is 0. The standard InChI is InChI=1S/C21H16F3N3O2/c1-2-6-16-17(21(22,23)24)26-18(13-7-4-3-5-8-13)27-19(16)25-15-11-9-14(10-12-15)20(28)29/h2-12H,1H3,(H,28,29)(H,25,26,27)/b6-2+. The summed E-state index contributed by atoms with van der Waals surface area (Å²) in [5, 5.41) is 11.8. The number of allylic oxidation sites excluding steroid dienone is 1. The Morgan fingerprint density at radius 1 is 1.03 bits per heavy atom. The molecule has 5 nitrogen and oxygen atoms in total. The first-order chi connectivity index (χ1) is 13.8. The first kappa shape index (κ1) is 20.1. The molecular weight excluding hydrogens is 383 g/mol. The monoisotopic (exact) mass is 399 g/mol. The number of nitrogens with zero attached hydrogens (tertiary/aromatic N) is 2. The average molecular weight is 399 g/mol. The van der Waals surface area contributed by atoms with Gasteiger partial charge in [0.2, 0.25) is 0 Å². The summed E-state index contributed by atoms with van der Waals surface area (Å²) in [6.07, 6.45) is -1.94. The second kappa shape index (κ2) is 8.14. The number of alkyl halides is 3. The minimum atomic E-state index is -4.69. The van der Waals surface area contributed by atoms with Gasteiger partial charge in [-0.15, -0.1) is 0 Å². The normalized spacial score (nSPS) is 11.6. The van der Waals surface area contributed by atoms with Crippen molar-refractivity contribution >= 4 is 23.6 Å². The predicted molar refractivity (Wildman–Crippen MR) is 104 cm³/mol. The lowest BCUT2D eigenvalue weighted by Crippen LogP contribution is -2.14. The van der Waals surface area contributed by atoms with Crippen LogP contribution in [-0.4, -0.2) is 21.0 Å². The van der Waals surface area contributed by atoms with Gasteiger partial charge in [-0.2, -0.15) is 13.2 Å². The molecule has 0 fully saturated rings. The number of carboxylic acids is 1. The molecule has 0 atom stereocenters. The number of hydrogen-bond acceptors (Lipinski definition) is 4. The molecule has 148 valence electrons. The first-order valence-electron chi connectivity index (χ1n) is 8.57. The Labute approximate surface area is 164 Å². The summed E-state index contributed by atoms with van der Waals surface area (Å²) >= 11 is 0. The lowest BCUT2D eigenvalue weighted by Gasteiger charge is -2.16. The number of aromatic carboxylic acids is 1. The second-order valence-corrected chi connectivity index (χ2v) is 6.03. The van der Waals surface area contributed by atoms with Crippen LogP contribution in [0.2, 0.25) is 0 Å². The van der Waals surface area contributed by atoms with E-state index in [0.717, 1.165) is 0 Å². The molecule has 0 unspecified atom stereocenters. The van der Waals surface area contributed by atoms with Crippen molar-refractivity contribution < 1.29 is 23.1 Å². The molecule has 0 saturated carbocycles. The Hall–Kier alpha value is -3.68. The third-order valence-corrected chi connectivity index (χ3v) is 3.97. The van der Waals surface area contributed by atoms with Gasteiger partial charge < -0.3 is 10.4 Å². The maximum atomic E-state index is 13.7. The zero-order valence-electron chi connectivity index (χ0n) is 15.2. The van der Waals surface area contributed by atoms with Crippen LogP contribution >= 0.6 is 0 Å². The Morgan fingerprint density at radius 2 is 1.69 bits per heavy atom. The fourth-order valence-electron chi connectivity index (χ4n) is 2.65. The van der Waals surface area contributed by atoms with Crippen molar-refractivity contribution in [3.63, 3.8) is 0 Å². The van der Waals surface area contributed by atoms with E-state index in [2.05, 4.69) is 15.3 Å². The quantitative estimate of drug-likeness (QED) is 0.581. The summed E-state index contributed by atoms with van der Waals surface area (Å²) < 4.78 is 41.1. The number of benzene rings is 2. The van der Waals surface area contributed by atoms with Crippen molar-refractivity contribution in [1.82, 2.24) is 9.97 Å². The summed E-state index contributed by atoms with van der Waals surface area (Å²) in [5.41, 5.74) is -0.370. The van der Waals surface area contributed by atoms with Crippen molar-refractivity contribution in [3.05, 3.63) is 77.5 Å². The van der Waals surface area contributed by atoms with E-state index in [-0.39, 0.29) is 22.8 Å². The molecule has 0 aliphatic carbocycles. The molecule has 29 heavy (non-hydrogen) atoms. The van der Waals surface area contributed by atoms with Crippen molar-refractivity contribution in [1.29, 1.82) is 0 Å². The zero-order chi connectivity index (χ0) is 21.0. The lowest BCUT2D eigenvalue weighted by atomic mass is 10.1. The zero-order valence-corrected chi connectivity index (χ0v) is 15.2. The van der Waals surface area contributed by atoms with Crippen molar-refractivity contribution in [2.75, 3.05) is 5.32 Å². The van der Waals surface area contributed by atoms with Crippen LogP contribution in [-0.2, 0) is 6.18 Å². The molecule has 3 rings (SSSR count). The van der Waals surface area contributed by atoms with Gasteiger partial charge in [-0.05, 0) is 31.2 Å². The van der Waals surface area contributed by atoms with E-state index < -0.39 is 17.8 Å². The highest BCUT2D eigenvalue weighted by Crippen LogP contribution is 2.36. The molecule has 0 bridgehead atoms. The highest BCUT2D eigenvalue weighted by atomic mass is 19.4. The summed E-state index contributed by atoms with van der Waals surface area (Å²) in [6.45, 7) is 1.59. The van der Waals surface area contributed by atoms with Crippen LogP contribution < -0.4 is 5.32 Å². The van der Waals surface area contributed by atoms with Crippen LogP contribution in [0.25, 0.3) is 17.5 Å². The number of hydrogen-bond donors (Lipinski definition) is 2. The van der Waals surface area contributed by atoms with Gasteiger partial charge in [0.25, 0.3) is 0 Å². The topological polar surface area (TPSA) is 75.1 Å². The maximum Gasteiger partial charge on any atom is 0.434 e. The molecule has 0 radical (unpaired) electrons. The summed E-state index contributed by atoms with van der Waals surface area (Å²) in [5.74, 6) is -1.21. The van der Waals surface area contributed by atoms with Crippen LogP contribution in [0.3, 0.4) is 0 Å². The van der Waals surface area contributed by atoms with Crippen LogP contribution in [0.5, 0.6) is 0 Å². The number of nitrogens with one attached hydrogen (secondary N) is 1. The maximum absolute atomic E-state index is 13.7. The highest BCUT2D eigenvalue weighted by molar-refractivity contribution is 5.88. The van der Waals surface area contributed by atoms with E-state index in [4.69, 9.17) is 5.11 Å². The van der Waals surface area contributed by atoms with Gasteiger partial charge in [-0.1, -0.05) is 42.5 Å². The molecule has 1 aromatic heterocycles. The molecule has 3 aromatic rings. The largest absolute Gasteiger partial charge is 0.478 e. The van der Waals surface area contributed by atoms with Gasteiger partial charge >= 0.3 is 12.1 Å². The predicted octanol–water partition coefficient (Wildman–Crippen LogP) is 5.64. The number of aromatic nitrogens is 2. The van der Waals surface area contributed by atoms with E-state index >= 15 is 0 Å². The lowest BCUT2D eigenvalue weighted by molar-refractivity contribution is -0.141. The van der Waals surface area contributed by atoms with Gasteiger partial charge in [0.05, 0.1) is 5.56 Å². The summed E-state index contributed by atoms with van der Waals surface area (Å²) in [4.78, 5) is 19.1. The second-order valence-electron chi connectivity index (χ2n) is 6.03. The van der Waals surface area contributed by atoms with Crippen LogP contribution in [0.4, 0.5) is 24.7 Å². The number of carboxylic acid groups (broad SMARTS) is 1. The highest BCUT2D eigenvalue weighted by Gasteiger charge is 2.37. The molecule has 1 heterocycles.